The summed E-state index contributed by atoms with van der Waals surface area (Å²) in [4.78, 5) is 12.1. The van der Waals surface area contributed by atoms with E-state index in [0.717, 1.165) is 12.8 Å². The number of amides is 1. The topological polar surface area (TPSA) is 49.3 Å². The van der Waals surface area contributed by atoms with Crippen molar-refractivity contribution in [2.24, 2.45) is 5.92 Å². The van der Waals surface area contributed by atoms with E-state index in [1.807, 2.05) is 18.4 Å². The molecule has 1 aromatic rings. The zero-order valence-corrected chi connectivity index (χ0v) is 12.3. The number of aliphatic hydroxyl groups is 1. The molecule has 1 unspecified atom stereocenters. The molecule has 0 spiro atoms. The molecule has 1 aliphatic rings. The maximum atomic E-state index is 12.1. The van der Waals surface area contributed by atoms with E-state index in [-0.39, 0.29) is 11.8 Å². The van der Waals surface area contributed by atoms with Gasteiger partial charge in [-0.1, -0.05) is 24.3 Å². The summed E-state index contributed by atoms with van der Waals surface area (Å²) in [7, 11) is 0. The summed E-state index contributed by atoms with van der Waals surface area (Å²) in [6, 6.07) is 8.21. The van der Waals surface area contributed by atoms with E-state index >= 15 is 0 Å². The third-order valence-electron chi connectivity index (χ3n) is 3.52. The highest BCUT2D eigenvalue weighted by Gasteiger charge is 2.28. The highest BCUT2D eigenvalue weighted by molar-refractivity contribution is 7.98. The Kier molecular flexibility index (Phi) is 4.53. The Morgan fingerprint density at radius 3 is 2.53 bits per heavy atom. The lowest BCUT2D eigenvalue weighted by atomic mass is 10.0. The fourth-order valence-electron chi connectivity index (χ4n) is 2.53. The van der Waals surface area contributed by atoms with E-state index < -0.39 is 5.60 Å². The van der Waals surface area contributed by atoms with Crippen LogP contribution in [0.25, 0.3) is 0 Å². The van der Waals surface area contributed by atoms with E-state index in [9.17, 15) is 9.90 Å². The average molecular weight is 279 g/mol. The smallest absolute Gasteiger partial charge is 0.223 e. The second-order valence-corrected chi connectivity index (χ2v) is 6.39. The van der Waals surface area contributed by atoms with Gasteiger partial charge in [0.05, 0.1) is 5.60 Å². The normalized spacial score (nSPS) is 17.8. The van der Waals surface area contributed by atoms with Crippen LogP contribution in [0.5, 0.6) is 0 Å². The van der Waals surface area contributed by atoms with Gasteiger partial charge in [0.1, 0.15) is 0 Å². The van der Waals surface area contributed by atoms with Gasteiger partial charge in [-0.15, -0.1) is 0 Å². The highest BCUT2D eigenvalue weighted by atomic mass is 32.2. The van der Waals surface area contributed by atoms with Crippen molar-refractivity contribution in [3.05, 3.63) is 35.4 Å². The fourth-order valence-corrected chi connectivity index (χ4v) is 3.25. The first-order chi connectivity index (χ1) is 9.02. The third kappa shape index (κ3) is 3.74. The van der Waals surface area contributed by atoms with E-state index in [1.165, 1.54) is 11.1 Å². The zero-order chi connectivity index (χ0) is 13.9. The minimum absolute atomic E-state index is 0.0162. The lowest BCUT2D eigenvalue weighted by Crippen LogP contribution is -2.44. The van der Waals surface area contributed by atoms with Crippen molar-refractivity contribution in [3.63, 3.8) is 0 Å². The molecule has 0 radical (unpaired) electrons. The molecule has 0 aromatic heterocycles. The number of benzene rings is 1. The van der Waals surface area contributed by atoms with Crippen LogP contribution in [0.3, 0.4) is 0 Å². The van der Waals surface area contributed by atoms with Crippen LogP contribution in [-0.4, -0.2) is 35.2 Å². The molecule has 0 heterocycles. The summed E-state index contributed by atoms with van der Waals surface area (Å²) < 4.78 is 0. The van der Waals surface area contributed by atoms with Crippen molar-refractivity contribution in [2.45, 2.75) is 25.4 Å². The monoisotopic (exact) mass is 279 g/mol. The van der Waals surface area contributed by atoms with Crippen LogP contribution in [0.15, 0.2) is 24.3 Å². The molecule has 3 nitrogen and oxygen atoms in total. The predicted molar refractivity (Wildman–Crippen MR) is 79.4 cm³/mol. The molecule has 1 amide bonds. The van der Waals surface area contributed by atoms with Gasteiger partial charge in [0, 0.05) is 18.2 Å². The van der Waals surface area contributed by atoms with Gasteiger partial charge in [0.2, 0.25) is 5.91 Å². The minimum Gasteiger partial charge on any atom is -0.387 e. The van der Waals surface area contributed by atoms with Gasteiger partial charge in [0.15, 0.2) is 0 Å². The SMILES string of the molecule is CSCC(C)(O)CNC(=O)C1Cc2ccccc2C1. The molecule has 2 rings (SSSR count). The number of thioether (sulfide) groups is 1. The molecule has 104 valence electrons. The second kappa shape index (κ2) is 5.97. The Hall–Kier alpha value is -1.00. The number of fused-ring (bicyclic) bond motifs is 1. The van der Waals surface area contributed by atoms with Crippen molar-refractivity contribution in [3.8, 4) is 0 Å². The van der Waals surface area contributed by atoms with Crippen LogP contribution in [0, 0.1) is 5.92 Å². The van der Waals surface area contributed by atoms with Crippen molar-refractivity contribution in [1.29, 1.82) is 0 Å². The molecule has 4 heteroatoms. The molecule has 0 bridgehead atoms. The molecule has 2 N–H and O–H groups in total. The van der Waals surface area contributed by atoms with Gasteiger partial charge in [-0.2, -0.15) is 11.8 Å². The van der Waals surface area contributed by atoms with E-state index in [2.05, 4.69) is 17.4 Å². The molecular weight excluding hydrogens is 258 g/mol. The highest BCUT2D eigenvalue weighted by Crippen LogP contribution is 2.26. The first-order valence-corrected chi connectivity index (χ1v) is 7.97. The molecule has 0 saturated carbocycles. The lowest BCUT2D eigenvalue weighted by molar-refractivity contribution is -0.125. The average Bonchev–Trinajstić information content (AvgIpc) is 2.79. The molecule has 1 atom stereocenters. The number of carbonyl (C=O) groups is 1. The van der Waals surface area contributed by atoms with Crippen LogP contribution < -0.4 is 5.32 Å². The second-order valence-electron chi connectivity index (χ2n) is 5.52. The molecular formula is C15H21NO2S. The quantitative estimate of drug-likeness (QED) is 0.861. The third-order valence-corrected chi connectivity index (χ3v) is 4.43. The van der Waals surface area contributed by atoms with Gasteiger partial charge in [-0.05, 0) is 37.1 Å². The van der Waals surface area contributed by atoms with Gasteiger partial charge in [-0.25, -0.2) is 0 Å². The maximum absolute atomic E-state index is 12.1. The molecule has 1 aromatic carbocycles. The zero-order valence-electron chi connectivity index (χ0n) is 11.5. The molecule has 0 fully saturated rings. The number of nitrogens with one attached hydrogen (secondary N) is 1. The number of rotatable bonds is 5. The van der Waals surface area contributed by atoms with Crippen molar-refractivity contribution in [2.75, 3.05) is 18.6 Å². The van der Waals surface area contributed by atoms with Crippen LogP contribution >= 0.6 is 11.8 Å². The van der Waals surface area contributed by atoms with Crippen LogP contribution in [0.4, 0.5) is 0 Å². The van der Waals surface area contributed by atoms with Gasteiger partial charge in [0.25, 0.3) is 0 Å². The maximum Gasteiger partial charge on any atom is 0.223 e. The van der Waals surface area contributed by atoms with Crippen molar-refractivity contribution in [1.82, 2.24) is 5.32 Å². The molecule has 19 heavy (non-hydrogen) atoms. The Bertz CT molecular complexity index is 434. The Morgan fingerprint density at radius 2 is 2.00 bits per heavy atom. The fraction of sp³-hybridized carbons (Fsp3) is 0.533. The van der Waals surface area contributed by atoms with Crippen LogP contribution in [-0.2, 0) is 17.6 Å². The van der Waals surface area contributed by atoms with E-state index in [1.54, 1.807) is 18.7 Å². The molecule has 0 saturated heterocycles. The summed E-state index contributed by atoms with van der Waals surface area (Å²) in [6.45, 7) is 2.08. The molecule has 0 aliphatic heterocycles. The Balaban J connectivity index is 1.86. The van der Waals surface area contributed by atoms with Crippen LogP contribution in [0.2, 0.25) is 0 Å². The van der Waals surface area contributed by atoms with Crippen molar-refractivity contribution >= 4 is 17.7 Å². The summed E-state index contributed by atoms with van der Waals surface area (Å²) in [5.74, 6) is 0.693. The summed E-state index contributed by atoms with van der Waals surface area (Å²) in [5, 5.41) is 12.9. The number of carbonyl (C=O) groups excluding carboxylic acids is 1. The first-order valence-electron chi connectivity index (χ1n) is 6.57. The lowest BCUT2D eigenvalue weighted by Gasteiger charge is -2.23. The predicted octanol–water partition coefficient (Wildman–Crippen LogP) is 1.63. The standard InChI is InChI=1S/C15H21NO2S/c1-15(18,10-19-2)9-16-14(17)13-7-11-5-3-4-6-12(11)8-13/h3-6,13,18H,7-10H2,1-2H3,(H,16,17). The van der Waals surface area contributed by atoms with Crippen molar-refractivity contribution < 1.29 is 9.90 Å². The summed E-state index contributed by atoms with van der Waals surface area (Å²) in [6.07, 6.45) is 3.57. The Labute approximate surface area is 118 Å². The van der Waals surface area contributed by atoms with E-state index in [0.29, 0.717) is 12.3 Å². The first kappa shape index (κ1) is 14.4. The van der Waals surface area contributed by atoms with Gasteiger partial charge >= 0.3 is 0 Å². The largest absolute Gasteiger partial charge is 0.387 e. The number of hydrogen-bond donors (Lipinski definition) is 2. The Morgan fingerprint density at radius 1 is 1.42 bits per heavy atom. The van der Waals surface area contributed by atoms with Gasteiger partial charge in [-0.3, -0.25) is 4.79 Å². The minimum atomic E-state index is -0.833. The van der Waals surface area contributed by atoms with E-state index in [4.69, 9.17) is 0 Å². The van der Waals surface area contributed by atoms with Crippen LogP contribution in [0.1, 0.15) is 18.1 Å². The van der Waals surface area contributed by atoms with Gasteiger partial charge < -0.3 is 10.4 Å². The number of hydrogen-bond acceptors (Lipinski definition) is 3. The summed E-state index contributed by atoms with van der Waals surface area (Å²) in [5.41, 5.74) is 1.72. The summed E-state index contributed by atoms with van der Waals surface area (Å²) >= 11 is 1.58. The molecule has 1 aliphatic carbocycles.